The maximum absolute atomic E-state index is 13.3. The molecular weight excluding hydrogens is 419 g/mol. The van der Waals surface area contributed by atoms with E-state index in [2.05, 4.69) is 6.07 Å². The molecular formula is C24H24F3N3O2. The second-order valence-corrected chi connectivity index (χ2v) is 8.20. The molecule has 8 heteroatoms. The summed E-state index contributed by atoms with van der Waals surface area (Å²) >= 11 is 0. The molecule has 1 heterocycles. The first kappa shape index (κ1) is 22.2. The van der Waals surface area contributed by atoms with Gasteiger partial charge in [0.15, 0.2) is 0 Å². The van der Waals surface area contributed by atoms with Gasteiger partial charge >= 0.3 is 6.18 Å². The molecule has 3 unspecified atom stereocenters. The molecule has 2 aliphatic rings. The van der Waals surface area contributed by atoms with Gasteiger partial charge in [0, 0.05) is 32.1 Å². The van der Waals surface area contributed by atoms with E-state index in [0.717, 1.165) is 11.6 Å². The van der Waals surface area contributed by atoms with Crippen molar-refractivity contribution >= 4 is 5.91 Å². The van der Waals surface area contributed by atoms with E-state index in [9.17, 15) is 23.2 Å². The van der Waals surface area contributed by atoms with Gasteiger partial charge in [-0.3, -0.25) is 9.69 Å². The van der Waals surface area contributed by atoms with E-state index >= 15 is 0 Å². The highest BCUT2D eigenvalue weighted by atomic mass is 19.4. The third kappa shape index (κ3) is 4.44. The molecule has 168 valence electrons. The number of carbonyl (C=O) groups is 1. The molecule has 4 rings (SSSR count). The second-order valence-electron chi connectivity index (χ2n) is 8.20. The number of hydrogen-bond acceptors (Lipinski definition) is 4. The normalized spacial score (nSPS) is 22.2. The van der Waals surface area contributed by atoms with Crippen molar-refractivity contribution in [2.75, 3.05) is 33.3 Å². The Morgan fingerprint density at radius 2 is 1.75 bits per heavy atom. The summed E-state index contributed by atoms with van der Waals surface area (Å²) in [6, 6.07) is 14.8. The third-order valence-corrected chi connectivity index (χ3v) is 6.32. The van der Waals surface area contributed by atoms with Crippen molar-refractivity contribution < 1.29 is 22.7 Å². The molecule has 1 aliphatic heterocycles. The van der Waals surface area contributed by atoms with Crippen molar-refractivity contribution in [2.24, 2.45) is 5.92 Å². The Hall–Kier alpha value is -3.05. The zero-order valence-electron chi connectivity index (χ0n) is 17.7. The Kier molecular flexibility index (Phi) is 6.11. The lowest BCUT2D eigenvalue weighted by atomic mass is 10.0. The number of nitriles is 1. The molecule has 3 atom stereocenters. The summed E-state index contributed by atoms with van der Waals surface area (Å²) in [6.07, 6.45) is -3.98. The summed E-state index contributed by atoms with van der Waals surface area (Å²) in [5.74, 6) is -0.167. The standard InChI is InChI=1S/C24H24F3N3O2/c1-32-17-8-6-16(7-9-17)22(15-28)29-10-12-30(13-11-29)23(31)20-14-19(20)18-4-2-3-5-21(18)24(25,26)27/h2-9,19-20,22H,10-14H2,1H3. The van der Waals surface area contributed by atoms with Gasteiger partial charge in [0.1, 0.15) is 11.8 Å². The number of halogens is 3. The van der Waals surface area contributed by atoms with E-state index in [0.29, 0.717) is 38.3 Å². The van der Waals surface area contributed by atoms with Crippen molar-refractivity contribution in [3.05, 3.63) is 65.2 Å². The van der Waals surface area contributed by atoms with Crippen molar-refractivity contribution in [2.45, 2.75) is 24.6 Å². The Balaban J connectivity index is 1.37. The van der Waals surface area contributed by atoms with Gasteiger partial charge in [-0.05, 0) is 41.7 Å². The second kappa shape index (κ2) is 8.83. The van der Waals surface area contributed by atoms with E-state index < -0.39 is 23.7 Å². The largest absolute Gasteiger partial charge is 0.497 e. The lowest BCUT2D eigenvalue weighted by molar-refractivity contribution is -0.139. The first-order valence-electron chi connectivity index (χ1n) is 10.6. The summed E-state index contributed by atoms with van der Waals surface area (Å²) in [4.78, 5) is 16.7. The van der Waals surface area contributed by atoms with Crippen LogP contribution in [0.1, 0.15) is 35.1 Å². The number of nitrogens with zero attached hydrogens (tertiary/aromatic N) is 3. The van der Waals surface area contributed by atoms with Crippen LogP contribution in [0, 0.1) is 17.2 Å². The summed E-state index contributed by atoms with van der Waals surface area (Å²) in [5.41, 5.74) is 0.418. The Bertz CT molecular complexity index is 1010. The number of benzene rings is 2. The topological polar surface area (TPSA) is 56.6 Å². The van der Waals surface area contributed by atoms with Crippen LogP contribution >= 0.6 is 0 Å². The molecule has 2 fully saturated rings. The molecule has 0 spiro atoms. The van der Waals surface area contributed by atoms with Crippen molar-refractivity contribution in [3.8, 4) is 11.8 Å². The molecule has 32 heavy (non-hydrogen) atoms. The molecule has 0 bridgehead atoms. The minimum Gasteiger partial charge on any atom is -0.497 e. The molecule has 2 aromatic carbocycles. The van der Waals surface area contributed by atoms with E-state index in [1.54, 1.807) is 18.1 Å². The van der Waals surface area contributed by atoms with Crippen LogP contribution in [-0.4, -0.2) is 49.0 Å². The SMILES string of the molecule is COc1ccc(C(C#N)N2CCN(C(=O)C3CC3c3ccccc3C(F)(F)F)CC2)cc1. The average Bonchev–Trinajstić information content (AvgIpc) is 3.60. The minimum atomic E-state index is -4.42. The van der Waals surface area contributed by atoms with Gasteiger partial charge in [0.2, 0.25) is 5.91 Å². The lowest BCUT2D eigenvalue weighted by Crippen LogP contribution is -2.50. The number of rotatable bonds is 5. The quantitative estimate of drug-likeness (QED) is 0.694. The van der Waals surface area contributed by atoms with Crippen molar-refractivity contribution in [1.82, 2.24) is 9.80 Å². The Labute approximate surface area is 185 Å². The first-order valence-corrected chi connectivity index (χ1v) is 10.6. The Morgan fingerprint density at radius 3 is 2.34 bits per heavy atom. The van der Waals surface area contributed by atoms with E-state index in [4.69, 9.17) is 4.74 Å². The minimum absolute atomic E-state index is 0.0930. The fraction of sp³-hybridized carbons (Fsp3) is 0.417. The van der Waals surface area contributed by atoms with Gasteiger partial charge in [0.05, 0.1) is 18.7 Å². The number of piperazine rings is 1. The highest BCUT2D eigenvalue weighted by Gasteiger charge is 2.49. The van der Waals surface area contributed by atoms with Gasteiger partial charge in [0.25, 0.3) is 0 Å². The summed E-state index contributed by atoms with van der Waals surface area (Å²) in [5, 5.41) is 9.69. The predicted molar refractivity (Wildman–Crippen MR) is 112 cm³/mol. The van der Waals surface area contributed by atoms with Gasteiger partial charge < -0.3 is 9.64 Å². The maximum Gasteiger partial charge on any atom is 0.416 e. The van der Waals surface area contributed by atoms with Crippen LogP contribution in [0.4, 0.5) is 13.2 Å². The van der Waals surface area contributed by atoms with Crippen LogP contribution in [0.3, 0.4) is 0 Å². The molecule has 0 N–H and O–H groups in total. The molecule has 1 saturated carbocycles. The maximum atomic E-state index is 13.3. The average molecular weight is 443 g/mol. The zero-order valence-corrected chi connectivity index (χ0v) is 17.7. The van der Waals surface area contributed by atoms with E-state index in [1.165, 1.54) is 12.1 Å². The number of ether oxygens (including phenoxy) is 1. The van der Waals surface area contributed by atoms with Crippen LogP contribution in [0.25, 0.3) is 0 Å². The molecule has 5 nitrogen and oxygen atoms in total. The number of methoxy groups -OCH3 is 1. The number of carbonyl (C=O) groups excluding carboxylic acids is 1. The van der Waals surface area contributed by atoms with Gasteiger partial charge in [-0.2, -0.15) is 18.4 Å². The number of alkyl halides is 3. The molecule has 1 saturated heterocycles. The number of amides is 1. The Morgan fingerprint density at radius 1 is 1.09 bits per heavy atom. The highest BCUT2D eigenvalue weighted by Crippen LogP contribution is 2.51. The van der Waals surface area contributed by atoms with Crippen LogP contribution in [0.15, 0.2) is 48.5 Å². The fourth-order valence-electron chi connectivity index (χ4n) is 4.48. The smallest absolute Gasteiger partial charge is 0.416 e. The van der Waals surface area contributed by atoms with Crippen molar-refractivity contribution in [3.63, 3.8) is 0 Å². The molecule has 1 amide bonds. The van der Waals surface area contributed by atoms with Crippen LogP contribution < -0.4 is 4.74 Å². The molecule has 0 aromatic heterocycles. The van der Waals surface area contributed by atoms with Gasteiger partial charge in [-0.15, -0.1) is 0 Å². The van der Waals surface area contributed by atoms with Crippen molar-refractivity contribution in [1.29, 1.82) is 5.26 Å². The lowest BCUT2D eigenvalue weighted by Gasteiger charge is -2.37. The van der Waals surface area contributed by atoms with Crippen LogP contribution in [-0.2, 0) is 11.0 Å². The van der Waals surface area contributed by atoms with Gasteiger partial charge in [-0.1, -0.05) is 30.3 Å². The number of hydrogen-bond donors (Lipinski definition) is 0. The summed E-state index contributed by atoms with van der Waals surface area (Å²) in [7, 11) is 1.58. The van der Waals surface area contributed by atoms with Crippen LogP contribution in [0.5, 0.6) is 5.75 Å². The molecule has 0 radical (unpaired) electrons. The summed E-state index contributed by atoms with van der Waals surface area (Å²) < 4.78 is 45.1. The summed E-state index contributed by atoms with van der Waals surface area (Å²) in [6.45, 7) is 1.98. The van der Waals surface area contributed by atoms with Gasteiger partial charge in [-0.25, -0.2) is 0 Å². The first-order chi connectivity index (χ1) is 15.3. The predicted octanol–water partition coefficient (Wildman–Crippen LogP) is 4.23. The van der Waals surface area contributed by atoms with E-state index in [1.807, 2.05) is 29.2 Å². The fourth-order valence-corrected chi connectivity index (χ4v) is 4.48. The zero-order chi connectivity index (χ0) is 22.9. The monoisotopic (exact) mass is 443 g/mol. The van der Waals surface area contributed by atoms with Crippen LogP contribution in [0.2, 0.25) is 0 Å². The highest BCUT2D eigenvalue weighted by molar-refractivity contribution is 5.83. The third-order valence-electron chi connectivity index (χ3n) is 6.32. The molecule has 2 aromatic rings. The molecule has 1 aliphatic carbocycles. The van der Waals surface area contributed by atoms with E-state index in [-0.39, 0.29) is 17.4 Å².